The lowest BCUT2D eigenvalue weighted by Gasteiger charge is -2.26. The van der Waals surface area contributed by atoms with E-state index in [9.17, 15) is 9.59 Å². The molecule has 3 atom stereocenters. The molecular weight excluding hydrogens is 364 g/mol. The second-order valence-electron chi connectivity index (χ2n) is 8.05. The first-order valence-electron chi connectivity index (χ1n) is 10.4. The molecule has 2 fully saturated rings. The minimum absolute atomic E-state index is 0.0228. The number of carbonyl (C=O) groups is 2. The molecule has 2 heterocycles. The van der Waals surface area contributed by atoms with E-state index in [1.54, 1.807) is 0 Å². The van der Waals surface area contributed by atoms with Crippen LogP contribution in [0.25, 0.3) is 0 Å². The van der Waals surface area contributed by atoms with E-state index in [1.165, 1.54) is 5.56 Å². The Hall–Kier alpha value is -2.50. The van der Waals surface area contributed by atoms with Crippen molar-refractivity contribution in [3.8, 4) is 0 Å². The predicted molar refractivity (Wildman–Crippen MR) is 111 cm³/mol. The van der Waals surface area contributed by atoms with E-state index < -0.39 is 0 Å². The number of ketones is 1. The van der Waals surface area contributed by atoms with Crippen molar-refractivity contribution in [3.05, 3.63) is 71.8 Å². The summed E-state index contributed by atoms with van der Waals surface area (Å²) in [6.07, 6.45) is 1.89. The van der Waals surface area contributed by atoms with Crippen molar-refractivity contribution in [3.63, 3.8) is 0 Å². The largest absolute Gasteiger partial charge is 0.379 e. The Morgan fingerprint density at radius 3 is 2.34 bits per heavy atom. The highest BCUT2D eigenvalue weighted by molar-refractivity contribution is 6.01. The summed E-state index contributed by atoms with van der Waals surface area (Å²) in [5, 5.41) is 3.14. The molecule has 4 rings (SSSR count). The van der Waals surface area contributed by atoms with Gasteiger partial charge in [0.15, 0.2) is 5.78 Å². The number of hydrogen-bond donors (Lipinski definition) is 1. The summed E-state index contributed by atoms with van der Waals surface area (Å²) in [5.74, 6) is -0.634. The third-order valence-electron chi connectivity index (χ3n) is 5.88. The van der Waals surface area contributed by atoms with Gasteiger partial charge in [-0.15, -0.1) is 0 Å². The molecule has 1 unspecified atom stereocenters. The average molecular weight is 392 g/mol. The van der Waals surface area contributed by atoms with Gasteiger partial charge in [-0.3, -0.25) is 14.5 Å². The van der Waals surface area contributed by atoms with Crippen LogP contribution in [0.2, 0.25) is 0 Å². The maximum absolute atomic E-state index is 13.2. The van der Waals surface area contributed by atoms with Crippen LogP contribution in [0, 0.1) is 11.8 Å². The number of nitrogens with one attached hydrogen (secondary N) is 1. The van der Waals surface area contributed by atoms with Gasteiger partial charge in [-0.05, 0) is 18.4 Å². The zero-order valence-corrected chi connectivity index (χ0v) is 16.6. The van der Waals surface area contributed by atoms with Crippen molar-refractivity contribution in [2.24, 2.45) is 11.8 Å². The van der Waals surface area contributed by atoms with Crippen LogP contribution in [0.15, 0.2) is 60.7 Å². The van der Waals surface area contributed by atoms with Gasteiger partial charge in [-0.2, -0.15) is 0 Å². The van der Waals surface area contributed by atoms with E-state index in [4.69, 9.17) is 4.74 Å². The Balaban J connectivity index is 1.50. The van der Waals surface area contributed by atoms with Crippen molar-refractivity contribution in [2.45, 2.75) is 25.4 Å². The Bertz CT molecular complexity index is 819. The number of amides is 1. The lowest BCUT2D eigenvalue weighted by Crippen LogP contribution is -2.46. The molecule has 5 nitrogen and oxygen atoms in total. The summed E-state index contributed by atoms with van der Waals surface area (Å²) in [5.41, 5.74) is 1.87. The number of rotatable bonds is 6. The summed E-state index contributed by atoms with van der Waals surface area (Å²) in [4.78, 5) is 28.6. The van der Waals surface area contributed by atoms with Crippen LogP contribution in [-0.4, -0.2) is 48.9 Å². The maximum atomic E-state index is 13.2. The molecule has 29 heavy (non-hydrogen) atoms. The fourth-order valence-corrected chi connectivity index (χ4v) is 4.37. The van der Waals surface area contributed by atoms with Gasteiger partial charge in [0.1, 0.15) is 0 Å². The molecule has 0 bridgehead atoms. The first kappa shape index (κ1) is 19.8. The van der Waals surface area contributed by atoms with E-state index in [1.807, 2.05) is 48.5 Å². The number of benzene rings is 2. The zero-order valence-electron chi connectivity index (χ0n) is 16.6. The highest BCUT2D eigenvalue weighted by Gasteiger charge is 2.42. The number of likely N-dealkylation sites (tertiary alicyclic amines) is 1. The molecule has 5 heteroatoms. The van der Waals surface area contributed by atoms with Crippen LogP contribution in [0.5, 0.6) is 0 Å². The second kappa shape index (κ2) is 9.33. The number of hydrogen-bond acceptors (Lipinski definition) is 4. The Kier molecular flexibility index (Phi) is 6.37. The molecular formula is C24H28N2O3. The van der Waals surface area contributed by atoms with Crippen LogP contribution in [0.1, 0.15) is 28.8 Å². The first-order chi connectivity index (χ1) is 14.2. The number of Topliss-reactive ketones (excluding diaryl/α,β-unsaturated/α-hetero) is 1. The Labute approximate surface area is 172 Å². The van der Waals surface area contributed by atoms with Crippen LogP contribution in [0.4, 0.5) is 0 Å². The van der Waals surface area contributed by atoms with Crippen LogP contribution in [-0.2, 0) is 16.1 Å². The molecule has 2 aliphatic heterocycles. The Morgan fingerprint density at radius 1 is 0.966 bits per heavy atom. The molecule has 2 saturated heterocycles. The number of nitrogens with zero attached hydrogens (tertiary/aromatic N) is 1. The monoisotopic (exact) mass is 392 g/mol. The van der Waals surface area contributed by atoms with Gasteiger partial charge in [0.05, 0.1) is 18.6 Å². The SMILES string of the molecule is O=C(NC1CCCOC1)[C@H]1CN(Cc2ccccc2)C[C@@H]1C(=O)c1ccccc1. The van der Waals surface area contributed by atoms with E-state index in [0.29, 0.717) is 25.3 Å². The van der Waals surface area contributed by atoms with Gasteiger partial charge >= 0.3 is 0 Å². The third kappa shape index (κ3) is 4.92. The van der Waals surface area contributed by atoms with Gasteiger partial charge in [-0.25, -0.2) is 0 Å². The van der Waals surface area contributed by atoms with Crippen molar-refractivity contribution < 1.29 is 14.3 Å². The predicted octanol–water partition coefficient (Wildman–Crippen LogP) is 2.91. The molecule has 0 spiro atoms. The zero-order chi connectivity index (χ0) is 20.1. The van der Waals surface area contributed by atoms with Crippen LogP contribution >= 0.6 is 0 Å². The van der Waals surface area contributed by atoms with Crippen molar-refractivity contribution >= 4 is 11.7 Å². The lowest BCUT2D eigenvalue weighted by molar-refractivity contribution is -0.127. The average Bonchev–Trinajstić information content (AvgIpc) is 3.19. The molecule has 152 valence electrons. The first-order valence-corrected chi connectivity index (χ1v) is 10.4. The topological polar surface area (TPSA) is 58.6 Å². The van der Waals surface area contributed by atoms with Crippen molar-refractivity contribution in [1.29, 1.82) is 0 Å². The minimum Gasteiger partial charge on any atom is -0.379 e. The minimum atomic E-state index is -0.339. The molecule has 1 amide bonds. The maximum Gasteiger partial charge on any atom is 0.225 e. The van der Waals surface area contributed by atoms with Gasteiger partial charge in [0.2, 0.25) is 5.91 Å². The molecule has 0 saturated carbocycles. The molecule has 1 N–H and O–H groups in total. The molecule has 0 radical (unpaired) electrons. The second-order valence-corrected chi connectivity index (χ2v) is 8.05. The summed E-state index contributed by atoms with van der Waals surface area (Å²) in [7, 11) is 0. The summed E-state index contributed by atoms with van der Waals surface area (Å²) < 4.78 is 5.50. The summed E-state index contributed by atoms with van der Waals surface area (Å²) in [6.45, 7) is 3.26. The van der Waals surface area contributed by atoms with Gasteiger partial charge in [-0.1, -0.05) is 60.7 Å². The number of ether oxygens (including phenoxy) is 1. The molecule has 2 aromatic rings. The van der Waals surface area contributed by atoms with Crippen LogP contribution < -0.4 is 5.32 Å². The summed E-state index contributed by atoms with van der Waals surface area (Å²) >= 11 is 0. The Morgan fingerprint density at radius 2 is 1.66 bits per heavy atom. The fraction of sp³-hybridized carbons (Fsp3) is 0.417. The van der Waals surface area contributed by atoms with E-state index in [0.717, 1.165) is 26.0 Å². The standard InChI is InChI=1S/C24H28N2O3/c27-23(19-10-5-2-6-11-19)21-15-26(14-18-8-3-1-4-9-18)16-22(21)24(28)25-20-12-7-13-29-17-20/h1-6,8-11,20-22H,7,12-17H2,(H,25,28)/t20?,21-,22-/m0/s1. The fourth-order valence-electron chi connectivity index (χ4n) is 4.37. The third-order valence-corrected chi connectivity index (χ3v) is 5.88. The smallest absolute Gasteiger partial charge is 0.225 e. The van der Waals surface area contributed by atoms with Gasteiger partial charge in [0, 0.05) is 37.7 Å². The molecule has 0 aliphatic carbocycles. The molecule has 2 aliphatic rings. The quantitative estimate of drug-likeness (QED) is 0.768. The number of carbonyl (C=O) groups excluding carboxylic acids is 2. The van der Waals surface area contributed by atoms with Crippen molar-refractivity contribution in [2.75, 3.05) is 26.3 Å². The van der Waals surface area contributed by atoms with E-state index in [-0.39, 0.29) is 29.6 Å². The van der Waals surface area contributed by atoms with E-state index in [2.05, 4.69) is 22.3 Å². The van der Waals surface area contributed by atoms with Crippen molar-refractivity contribution in [1.82, 2.24) is 10.2 Å². The highest BCUT2D eigenvalue weighted by Crippen LogP contribution is 2.29. The lowest BCUT2D eigenvalue weighted by atomic mass is 9.87. The van der Waals surface area contributed by atoms with Crippen LogP contribution in [0.3, 0.4) is 0 Å². The summed E-state index contributed by atoms with van der Waals surface area (Å²) in [6, 6.07) is 19.6. The van der Waals surface area contributed by atoms with Gasteiger partial charge < -0.3 is 10.1 Å². The normalized spacial score (nSPS) is 24.9. The highest BCUT2D eigenvalue weighted by atomic mass is 16.5. The van der Waals surface area contributed by atoms with Gasteiger partial charge in [0.25, 0.3) is 0 Å². The molecule has 0 aromatic heterocycles. The molecule has 2 aromatic carbocycles. The van der Waals surface area contributed by atoms with E-state index >= 15 is 0 Å².